The van der Waals surface area contributed by atoms with Crippen LogP contribution in [0, 0.1) is 0 Å². The summed E-state index contributed by atoms with van der Waals surface area (Å²) < 4.78 is 0. The zero-order valence-corrected chi connectivity index (χ0v) is 12.9. The van der Waals surface area contributed by atoms with Crippen LogP contribution in [0.25, 0.3) is 0 Å². The molecule has 0 spiro atoms. The minimum Gasteiger partial charge on any atom is -0.354 e. The predicted octanol–water partition coefficient (Wildman–Crippen LogP) is 2.88. The summed E-state index contributed by atoms with van der Waals surface area (Å²) in [5.41, 5.74) is 0.889. The average molecular weight is 319 g/mol. The Balaban J connectivity index is 1.93. The fourth-order valence-electron chi connectivity index (χ4n) is 2.02. The average Bonchev–Trinajstić information content (AvgIpc) is 2.89. The van der Waals surface area contributed by atoms with Gasteiger partial charge in [0.1, 0.15) is 0 Å². The van der Waals surface area contributed by atoms with Crippen LogP contribution in [0.2, 0.25) is 10.0 Å². The molecule has 0 saturated carbocycles. The molecule has 1 fully saturated rings. The molecule has 0 aromatic heterocycles. The van der Waals surface area contributed by atoms with Gasteiger partial charge in [-0.05, 0) is 17.7 Å². The summed E-state index contributed by atoms with van der Waals surface area (Å²) in [6.45, 7) is 2.54. The Labute approximate surface area is 127 Å². The molecule has 2 N–H and O–H groups in total. The Kier molecular flexibility index (Phi) is 5.39. The van der Waals surface area contributed by atoms with E-state index in [1.807, 2.05) is 25.1 Å². The van der Waals surface area contributed by atoms with Crippen molar-refractivity contribution >= 4 is 40.9 Å². The van der Waals surface area contributed by atoms with E-state index in [0.717, 1.165) is 17.2 Å². The maximum absolute atomic E-state index is 11.9. The molecule has 1 saturated heterocycles. The second-order valence-corrected chi connectivity index (χ2v) is 6.40. The smallest absolute Gasteiger partial charge is 0.238 e. The maximum Gasteiger partial charge on any atom is 0.238 e. The summed E-state index contributed by atoms with van der Waals surface area (Å²) in [7, 11) is 0. The fourth-order valence-corrected chi connectivity index (χ4v) is 3.74. The van der Waals surface area contributed by atoms with Crippen molar-refractivity contribution in [3.05, 3.63) is 33.8 Å². The molecule has 1 aromatic rings. The highest BCUT2D eigenvalue weighted by Crippen LogP contribution is 2.30. The first-order chi connectivity index (χ1) is 9.09. The van der Waals surface area contributed by atoms with Crippen LogP contribution in [0.5, 0.6) is 0 Å². The molecule has 0 aliphatic carbocycles. The number of carbonyl (C=O) groups excluding carboxylic acids is 1. The molecule has 1 aliphatic rings. The van der Waals surface area contributed by atoms with Crippen molar-refractivity contribution in [3.8, 4) is 0 Å². The van der Waals surface area contributed by atoms with Gasteiger partial charge in [0.2, 0.25) is 5.91 Å². The van der Waals surface area contributed by atoms with Crippen molar-refractivity contribution in [3.63, 3.8) is 0 Å². The number of amides is 1. The van der Waals surface area contributed by atoms with E-state index in [-0.39, 0.29) is 17.9 Å². The number of nitrogens with one attached hydrogen (secondary N) is 2. The molecule has 1 aliphatic heterocycles. The highest BCUT2D eigenvalue weighted by molar-refractivity contribution is 7.99. The first-order valence-electron chi connectivity index (χ1n) is 6.12. The first-order valence-corrected chi connectivity index (χ1v) is 8.03. The fraction of sp³-hybridized carbons (Fsp3) is 0.462. The van der Waals surface area contributed by atoms with E-state index in [2.05, 4.69) is 10.6 Å². The molecule has 2 atom stereocenters. The van der Waals surface area contributed by atoms with E-state index < -0.39 is 0 Å². The molecule has 1 amide bonds. The van der Waals surface area contributed by atoms with Gasteiger partial charge in [0, 0.05) is 34.1 Å². The van der Waals surface area contributed by atoms with Gasteiger partial charge < -0.3 is 5.32 Å². The van der Waals surface area contributed by atoms with Crippen LogP contribution >= 0.6 is 35.0 Å². The van der Waals surface area contributed by atoms with E-state index in [4.69, 9.17) is 23.2 Å². The normalized spacial score (nSPS) is 20.3. The quantitative estimate of drug-likeness (QED) is 0.897. The third kappa shape index (κ3) is 3.78. The van der Waals surface area contributed by atoms with Crippen LogP contribution in [-0.2, 0) is 4.79 Å². The SMILES string of the molecule is CC(CNC(=O)C1CSCN1)c1c(Cl)cccc1Cl. The molecule has 0 bridgehead atoms. The lowest BCUT2D eigenvalue weighted by Gasteiger charge is -2.17. The summed E-state index contributed by atoms with van der Waals surface area (Å²) >= 11 is 14.0. The van der Waals surface area contributed by atoms with Crippen LogP contribution in [0.1, 0.15) is 18.4 Å². The number of hydrogen-bond acceptors (Lipinski definition) is 3. The number of rotatable bonds is 4. The van der Waals surface area contributed by atoms with Gasteiger partial charge in [-0.15, -0.1) is 11.8 Å². The molecular weight excluding hydrogens is 303 g/mol. The monoisotopic (exact) mass is 318 g/mol. The van der Waals surface area contributed by atoms with Crippen LogP contribution in [0.15, 0.2) is 18.2 Å². The number of carbonyl (C=O) groups is 1. The molecule has 3 nitrogen and oxygen atoms in total. The van der Waals surface area contributed by atoms with Crippen molar-refractivity contribution in [1.29, 1.82) is 0 Å². The number of halogens is 2. The zero-order valence-electron chi connectivity index (χ0n) is 10.6. The third-order valence-electron chi connectivity index (χ3n) is 3.11. The third-order valence-corrected chi connectivity index (χ3v) is 4.71. The summed E-state index contributed by atoms with van der Waals surface area (Å²) in [6, 6.07) is 5.37. The molecule has 6 heteroatoms. The van der Waals surface area contributed by atoms with Crippen molar-refractivity contribution < 1.29 is 4.79 Å². The van der Waals surface area contributed by atoms with Crippen LogP contribution in [0.4, 0.5) is 0 Å². The van der Waals surface area contributed by atoms with Gasteiger partial charge in [0.25, 0.3) is 0 Å². The van der Waals surface area contributed by atoms with E-state index in [1.165, 1.54) is 0 Å². The highest BCUT2D eigenvalue weighted by atomic mass is 35.5. The molecule has 2 rings (SSSR count). The Morgan fingerprint density at radius 3 is 2.79 bits per heavy atom. The van der Waals surface area contributed by atoms with Gasteiger partial charge in [-0.3, -0.25) is 10.1 Å². The number of benzene rings is 1. The van der Waals surface area contributed by atoms with Crippen molar-refractivity contribution in [2.24, 2.45) is 0 Å². The molecule has 1 heterocycles. The largest absolute Gasteiger partial charge is 0.354 e. The summed E-state index contributed by atoms with van der Waals surface area (Å²) in [5.74, 6) is 1.79. The molecule has 19 heavy (non-hydrogen) atoms. The van der Waals surface area contributed by atoms with Gasteiger partial charge in [-0.2, -0.15) is 0 Å². The van der Waals surface area contributed by atoms with Crippen molar-refractivity contribution in [2.75, 3.05) is 18.2 Å². The topological polar surface area (TPSA) is 41.1 Å². The molecule has 0 radical (unpaired) electrons. The van der Waals surface area contributed by atoms with E-state index >= 15 is 0 Å². The first kappa shape index (κ1) is 15.0. The minimum atomic E-state index is -0.0843. The summed E-state index contributed by atoms with van der Waals surface area (Å²) in [4.78, 5) is 11.9. The van der Waals surface area contributed by atoms with E-state index in [9.17, 15) is 4.79 Å². The Hall–Kier alpha value is -0.420. The van der Waals surface area contributed by atoms with Gasteiger partial charge in [-0.1, -0.05) is 36.2 Å². The lowest BCUT2D eigenvalue weighted by atomic mass is 10.0. The van der Waals surface area contributed by atoms with E-state index in [0.29, 0.717) is 16.6 Å². The van der Waals surface area contributed by atoms with Gasteiger partial charge in [0.05, 0.1) is 6.04 Å². The van der Waals surface area contributed by atoms with Gasteiger partial charge >= 0.3 is 0 Å². The second-order valence-electron chi connectivity index (χ2n) is 4.55. The highest BCUT2D eigenvalue weighted by Gasteiger charge is 2.23. The van der Waals surface area contributed by atoms with Crippen LogP contribution in [-0.4, -0.2) is 30.1 Å². The maximum atomic E-state index is 11.9. The lowest BCUT2D eigenvalue weighted by molar-refractivity contribution is -0.122. The van der Waals surface area contributed by atoms with Crippen molar-refractivity contribution in [1.82, 2.24) is 10.6 Å². The van der Waals surface area contributed by atoms with E-state index in [1.54, 1.807) is 11.8 Å². The summed E-state index contributed by atoms with van der Waals surface area (Å²) in [6.07, 6.45) is 0. The molecular formula is C13H16Cl2N2OS. The van der Waals surface area contributed by atoms with Crippen LogP contribution in [0.3, 0.4) is 0 Å². The molecule has 104 valence electrons. The Morgan fingerprint density at radius 2 is 2.21 bits per heavy atom. The minimum absolute atomic E-state index is 0.0417. The standard InChI is InChI=1S/C13H16Cl2N2OS/c1-8(12-9(14)3-2-4-10(12)15)5-16-13(18)11-6-19-7-17-11/h2-4,8,11,17H,5-7H2,1H3,(H,16,18). The second kappa shape index (κ2) is 6.84. The number of thioether (sulfide) groups is 1. The van der Waals surface area contributed by atoms with Gasteiger partial charge in [0.15, 0.2) is 0 Å². The Bertz CT molecular complexity index is 444. The Morgan fingerprint density at radius 1 is 1.53 bits per heavy atom. The summed E-state index contributed by atoms with van der Waals surface area (Å²) in [5, 5.41) is 7.37. The zero-order chi connectivity index (χ0) is 13.8. The molecule has 1 aromatic carbocycles. The molecule has 2 unspecified atom stereocenters. The lowest BCUT2D eigenvalue weighted by Crippen LogP contribution is -2.43. The van der Waals surface area contributed by atoms with Crippen LogP contribution < -0.4 is 10.6 Å². The van der Waals surface area contributed by atoms with Crippen molar-refractivity contribution in [2.45, 2.75) is 18.9 Å². The van der Waals surface area contributed by atoms with Gasteiger partial charge in [-0.25, -0.2) is 0 Å². The predicted molar refractivity (Wildman–Crippen MR) is 82.1 cm³/mol. The number of hydrogen-bond donors (Lipinski definition) is 2.